The van der Waals surface area contributed by atoms with Gasteiger partial charge in [0.25, 0.3) is 5.92 Å². The van der Waals surface area contributed by atoms with Gasteiger partial charge >= 0.3 is 0 Å². The van der Waals surface area contributed by atoms with Gasteiger partial charge < -0.3 is 4.74 Å². The maximum absolute atomic E-state index is 14.0. The van der Waals surface area contributed by atoms with E-state index in [9.17, 15) is 18.0 Å². The molecular formula is C18H10F3NO2. The second kappa shape index (κ2) is 4.84. The minimum Gasteiger partial charge on any atom is -0.456 e. The molecule has 4 rings (SSSR count). The number of carbonyl (C=O) groups is 1. The number of hydrogen-bond donors (Lipinski definition) is 0. The zero-order valence-electron chi connectivity index (χ0n) is 12.3. The number of nitrogens with zero attached hydrogens (tertiary/aromatic N) is 1. The lowest BCUT2D eigenvalue weighted by Gasteiger charge is -2.14. The van der Waals surface area contributed by atoms with Gasteiger partial charge in [-0.15, -0.1) is 0 Å². The number of hydrogen-bond acceptors (Lipinski definition) is 3. The smallest absolute Gasteiger partial charge is 0.274 e. The van der Waals surface area contributed by atoms with Crippen LogP contribution in [0.2, 0.25) is 0 Å². The number of rotatable bonds is 2. The van der Waals surface area contributed by atoms with Crippen LogP contribution in [0.5, 0.6) is 11.5 Å². The Hall–Kier alpha value is -2.81. The van der Waals surface area contributed by atoms with Gasteiger partial charge in [-0.1, -0.05) is 0 Å². The number of ketones is 1. The highest BCUT2D eigenvalue weighted by molar-refractivity contribution is 6.04. The van der Waals surface area contributed by atoms with Crippen molar-refractivity contribution in [3.05, 3.63) is 58.4 Å². The van der Waals surface area contributed by atoms with Crippen molar-refractivity contribution >= 4 is 5.78 Å². The van der Waals surface area contributed by atoms with E-state index >= 15 is 0 Å². The number of carbonyl (C=O) groups excluding carboxylic acids is 1. The fourth-order valence-corrected chi connectivity index (χ4v) is 3.55. The zero-order valence-corrected chi connectivity index (χ0v) is 12.3. The quantitative estimate of drug-likeness (QED) is 0.805. The van der Waals surface area contributed by atoms with Crippen LogP contribution in [-0.2, 0) is 5.92 Å². The Balaban J connectivity index is 1.81. The van der Waals surface area contributed by atoms with E-state index in [1.165, 1.54) is 18.2 Å². The summed E-state index contributed by atoms with van der Waals surface area (Å²) in [6.07, 6.45) is -0.339. The Morgan fingerprint density at radius 2 is 2.04 bits per heavy atom. The van der Waals surface area contributed by atoms with Gasteiger partial charge in [0, 0.05) is 24.5 Å². The summed E-state index contributed by atoms with van der Waals surface area (Å²) in [7, 11) is 0. The lowest BCUT2D eigenvalue weighted by Crippen LogP contribution is -2.11. The molecule has 3 nitrogen and oxygen atoms in total. The molecular weight excluding hydrogens is 319 g/mol. The summed E-state index contributed by atoms with van der Waals surface area (Å²) in [5.41, 5.74) is 0.438. The van der Waals surface area contributed by atoms with Gasteiger partial charge in [0.1, 0.15) is 17.3 Å². The largest absolute Gasteiger partial charge is 0.456 e. The van der Waals surface area contributed by atoms with Gasteiger partial charge in [-0.3, -0.25) is 4.79 Å². The molecule has 0 bridgehead atoms. The molecule has 0 heterocycles. The van der Waals surface area contributed by atoms with Crippen molar-refractivity contribution in [2.75, 3.05) is 0 Å². The van der Waals surface area contributed by atoms with E-state index < -0.39 is 17.7 Å². The minimum absolute atomic E-state index is 0.0326. The molecule has 0 N–H and O–H groups in total. The maximum Gasteiger partial charge on any atom is 0.274 e. The normalized spacial score (nSPS) is 19.9. The van der Waals surface area contributed by atoms with Gasteiger partial charge in [0.2, 0.25) is 0 Å². The Morgan fingerprint density at radius 3 is 2.79 bits per heavy atom. The third kappa shape index (κ3) is 2.08. The highest BCUT2D eigenvalue weighted by atomic mass is 19.3. The van der Waals surface area contributed by atoms with Crippen molar-refractivity contribution in [3.63, 3.8) is 0 Å². The number of benzene rings is 2. The number of halogens is 3. The molecule has 1 atom stereocenters. The average Bonchev–Trinajstić information content (AvgIpc) is 2.95. The van der Waals surface area contributed by atoms with Crippen LogP contribution in [0, 0.1) is 17.1 Å². The summed E-state index contributed by atoms with van der Waals surface area (Å²) < 4.78 is 47.1. The van der Waals surface area contributed by atoms with Gasteiger partial charge in [-0.25, -0.2) is 13.2 Å². The van der Waals surface area contributed by atoms with E-state index in [-0.39, 0.29) is 46.8 Å². The molecule has 0 fully saturated rings. The van der Waals surface area contributed by atoms with Crippen molar-refractivity contribution in [1.29, 1.82) is 5.26 Å². The van der Waals surface area contributed by atoms with Gasteiger partial charge in [-0.05, 0) is 35.7 Å². The Kier molecular flexibility index (Phi) is 2.98. The third-order valence-electron chi connectivity index (χ3n) is 4.45. The SMILES string of the molecule is N#Cc1cc(F)cc(Oc2ccc3c4c2C(=O)CC4CC3(F)F)c1. The van der Waals surface area contributed by atoms with Crippen LogP contribution in [0.25, 0.3) is 0 Å². The van der Waals surface area contributed by atoms with Gasteiger partial charge in [0.15, 0.2) is 5.78 Å². The Morgan fingerprint density at radius 1 is 1.25 bits per heavy atom. The van der Waals surface area contributed by atoms with Crippen molar-refractivity contribution < 1.29 is 22.7 Å². The van der Waals surface area contributed by atoms with E-state index in [0.29, 0.717) is 5.56 Å². The van der Waals surface area contributed by atoms with Gasteiger partial charge in [0.05, 0.1) is 17.2 Å². The van der Waals surface area contributed by atoms with Crippen LogP contribution < -0.4 is 4.74 Å². The van der Waals surface area contributed by atoms with Crippen molar-refractivity contribution in [3.8, 4) is 17.6 Å². The van der Waals surface area contributed by atoms with Crippen molar-refractivity contribution in [2.24, 2.45) is 0 Å². The van der Waals surface area contributed by atoms with Crippen LogP contribution in [0.1, 0.15) is 45.8 Å². The second-order valence-electron chi connectivity index (χ2n) is 6.02. The molecule has 0 spiro atoms. The molecule has 0 amide bonds. The van der Waals surface area contributed by atoms with E-state index in [0.717, 1.165) is 12.1 Å². The summed E-state index contributed by atoms with van der Waals surface area (Å²) in [5, 5.41) is 8.88. The lowest BCUT2D eigenvalue weighted by molar-refractivity contribution is -0.00698. The van der Waals surface area contributed by atoms with Crippen LogP contribution in [0.3, 0.4) is 0 Å². The van der Waals surface area contributed by atoms with Crippen LogP contribution >= 0.6 is 0 Å². The Bertz CT molecular complexity index is 931. The van der Waals surface area contributed by atoms with Crippen LogP contribution in [0.4, 0.5) is 13.2 Å². The fourth-order valence-electron chi connectivity index (χ4n) is 3.55. The monoisotopic (exact) mass is 329 g/mol. The predicted molar refractivity (Wildman–Crippen MR) is 77.8 cm³/mol. The number of Topliss-reactive ketones (excluding diaryl/α,β-unsaturated/α-hetero) is 1. The van der Waals surface area contributed by atoms with Crippen LogP contribution in [0.15, 0.2) is 30.3 Å². The standard InChI is InChI=1S/C18H10F3NO2/c19-11-3-9(8-22)4-12(6-11)24-15-2-1-13-16-10(7-18(13,20)21)5-14(23)17(15)16/h1-4,6,10H,5,7H2. The molecule has 2 aliphatic rings. The lowest BCUT2D eigenvalue weighted by atomic mass is 10.0. The summed E-state index contributed by atoms with van der Waals surface area (Å²) in [6.45, 7) is 0. The molecule has 1 unspecified atom stereocenters. The molecule has 2 aliphatic carbocycles. The summed E-state index contributed by atoms with van der Waals surface area (Å²) in [5.74, 6) is -4.18. The second-order valence-corrected chi connectivity index (χ2v) is 6.02. The summed E-state index contributed by atoms with van der Waals surface area (Å²) in [6, 6.07) is 7.83. The highest BCUT2D eigenvalue weighted by Gasteiger charge is 2.51. The topological polar surface area (TPSA) is 50.1 Å². The highest BCUT2D eigenvalue weighted by Crippen LogP contribution is 2.56. The van der Waals surface area contributed by atoms with Crippen molar-refractivity contribution in [1.82, 2.24) is 0 Å². The summed E-state index contributed by atoms with van der Waals surface area (Å²) >= 11 is 0. The molecule has 24 heavy (non-hydrogen) atoms. The first-order valence-electron chi connectivity index (χ1n) is 7.36. The van der Waals surface area contributed by atoms with E-state index in [1.807, 2.05) is 0 Å². The molecule has 2 aromatic carbocycles. The molecule has 2 aromatic rings. The first kappa shape index (κ1) is 14.8. The molecule has 0 aliphatic heterocycles. The van der Waals surface area contributed by atoms with Gasteiger partial charge in [-0.2, -0.15) is 5.26 Å². The fraction of sp³-hybridized carbons (Fsp3) is 0.222. The average molecular weight is 329 g/mol. The molecule has 0 radical (unpaired) electrons. The molecule has 0 saturated heterocycles. The molecule has 6 heteroatoms. The number of nitriles is 1. The molecule has 0 aromatic heterocycles. The first-order valence-corrected chi connectivity index (χ1v) is 7.36. The Labute approximate surface area is 135 Å². The third-order valence-corrected chi connectivity index (χ3v) is 4.45. The van der Waals surface area contributed by atoms with E-state index in [1.54, 1.807) is 6.07 Å². The van der Waals surface area contributed by atoms with E-state index in [2.05, 4.69) is 0 Å². The van der Waals surface area contributed by atoms with Crippen LogP contribution in [-0.4, -0.2) is 5.78 Å². The first-order chi connectivity index (χ1) is 11.4. The molecule has 0 saturated carbocycles. The number of ether oxygens (including phenoxy) is 1. The minimum atomic E-state index is -2.94. The maximum atomic E-state index is 14.0. The number of alkyl halides is 2. The molecule has 120 valence electrons. The predicted octanol–water partition coefficient (Wildman–Crippen LogP) is 4.66. The van der Waals surface area contributed by atoms with E-state index in [4.69, 9.17) is 10.00 Å². The summed E-state index contributed by atoms with van der Waals surface area (Å²) in [4.78, 5) is 12.2. The zero-order chi connectivity index (χ0) is 17.1. The van der Waals surface area contributed by atoms with Crippen molar-refractivity contribution in [2.45, 2.75) is 24.7 Å².